The van der Waals surface area contributed by atoms with Gasteiger partial charge >= 0.3 is 6.01 Å². The van der Waals surface area contributed by atoms with Gasteiger partial charge in [-0.2, -0.15) is 15.2 Å². The average molecular weight is 599 g/mol. The van der Waals surface area contributed by atoms with E-state index in [0.717, 1.165) is 66.6 Å². The third-order valence-electron chi connectivity index (χ3n) is 10.4. The van der Waals surface area contributed by atoms with Gasteiger partial charge in [0.1, 0.15) is 36.1 Å². The molecule has 4 aliphatic rings. The van der Waals surface area contributed by atoms with Crippen molar-refractivity contribution >= 4 is 17.3 Å². The summed E-state index contributed by atoms with van der Waals surface area (Å²) in [5.74, 6) is 1.15. The van der Waals surface area contributed by atoms with Crippen LogP contribution in [0.3, 0.4) is 0 Å². The number of alkyl halides is 1. The van der Waals surface area contributed by atoms with Crippen LogP contribution < -0.4 is 21.1 Å². The van der Waals surface area contributed by atoms with Gasteiger partial charge in [0, 0.05) is 55.0 Å². The number of nitrogen functional groups attached to an aromatic ring is 2. The highest BCUT2D eigenvalue weighted by atomic mass is 19.1. The topological polar surface area (TPSA) is 139 Å². The van der Waals surface area contributed by atoms with Crippen LogP contribution in [-0.4, -0.2) is 58.3 Å². The second-order valence-corrected chi connectivity index (χ2v) is 12.9. The first-order chi connectivity index (χ1) is 21.2. The molecule has 11 heteroatoms. The number of halogens is 1. The fourth-order valence-electron chi connectivity index (χ4n) is 8.02. The highest BCUT2D eigenvalue weighted by Crippen LogP contribution is 2.48. The second kappa shape index (κ2) is 10.9. The van der Waals surface area contributed by atoms with Crippen LogP contribution in [0.1, 0.15) is 78.6 Å². The van der Waals surface area contributed by atoms with Gasteiger partial charge < -0.3 is 25.8 Å². The van der Waals surface area contributed by atoms with Crippen molar-refractivity contribution in [3.8, 4) is 12.1 Å². The molecule has 0 radical (unpaired) electrons. The van der Waals surface area contributed by atoms with Gasteiger partial charge in [0.25, 0.3) is 0 Å². The van der Waals surface area contributed by atoms with E-state index in [-0.39, 0.29) is 24.2 Å². The Morgan fingerprint density at radius 1 is 1.25 bits per heavy atom. The number of nitriles is 1. The SMILES string of the molecule is C[C@@H](c1cccnc1N)N(C)c1nc(OCC23CCCN2C[C@H](F)C3)nc2c1CO[C@@]1(CCCc3ccc(N)c(C#N)c31)C2. The van der Waals surface area contributed by atoms with E-state index in [4.69, 9.17) is 30.9 Å². The molecule has 10 nitrogen and oxygen atoms in total. The standard InChI is InChI=1S/C33H39FN8O2/c1-20(23-7-4-12-38-29(23)37)41(2)30-25-18-44-33(11-3-6-21-8-9-26(36)24(16-35)28(21)33)15-27(25)39-31(40-30)43-19-32-10-5-13-42(32)17-22(34)14-32/h4,7-9,12,20,22H,3,5-6,10-11,13-15,17-19,36H2,1-2H3,(H2,37,38)/t20-,22+,32?,33-/m0/s1. The summed E-state index contributed by atoms with van der Waals surface area (Å²) in [6.45, 7) is 4.00. The van der Waals surface area contributed by atoms with Crippen molar-refractivity contribution < 1.29 is 13.9 Å². The van der Waals surface area contributed by atoms with Gasteiger partial charge in [-0.1, -0.05) is 12.1 Å². The van der Waals surface area contributed by atoms with Crippen LogP contribution in [0.5, 0.6) is 6.01 Å². The van der Waals surface area contributed by atoms with E-state index in [0.29, 0.717) is 48.9 Å². The highest BCUT2D eigenvalue weighted by molar-refractivity contribution is 5.63. The van der Waals surface area contributed by atoms with E-state index in [1.807, 2.05) is 31.3 Å². The maximum atomic E-state index is 14.5. The van der Waals surface area contributed by atoms with Crippen LogP contribution in [0.15, 0.2) is 30.5 Å². The van der Waals surface area contributed by atoms with Crippen molar-refractivity contribution in [3.05, 3.63) is 64.0 Å². The zero-order valence-electron chi connectivity index (χ0n) is 25.4. The summed E-state index contributed by atoms with van der Waals surface area (Å²) in [6.07, 6.45) is 6.23. The molecule has 4 atom stereocenters. The third-order valence-corrected chi connectivity index (χ3v) is 10.4. The summed E-state index contributed by atoms with van der Waals surface area (Å²) in [5, 5.41) is 10.1. The number of nitrogens with zero attached hydrogens (tertiary/aromatic N) is 6. The first-order valence-corrected chi connectivity index (χ1v) is 15.5. The number of hydrogen-bond donors (Lipinski definition) is 2. The van der Waals surface area contributed by atoms with Gasteiger partial charge in [0.15, 0.2) is 0 Å². The van der Waals surface area contributed by atoms with E-state index in [1.165, 1.54) is 0 Å². The second-order valence-electron chi connectivity index (χ2n) is 12.9. The molecule has 7 rings (SSSR count). The van der Waals surface area contributed by atoms with Gasteiger partial charge in [-0.15, -0.1) is 0 Å². The molecule has 0 bridgehead atoms. The lowest BCUT2D eigenvalue weighted by atomic mass is 9.72. The molecule has 3 aliphatic heterocycles. The van der Waals surface area contributed by atoms with Crippen LogP contribution in [-0.2, 0) is 29.8 Å². The van der Waals surface area contributed by atoms with E-state index >= 15 is 0 Å². The lowest BCUT2D eigenvalue weighted by Crippen LogP contribution is -2.44. The molecule has 2 saturated heterocycles. The number of aromatic nitrogens is 3. The van der Waals surface area contributed by atoms with Crippen molar-refractivity contribution in [1.29, 1.82) is 5.26 Å². The van der Waals surface area contributed by atoms with Crippen molar-refractivity contribution in [2.45, 2.75) is 81.8 Å². The lowest BCUT2D eigenvalue weighted by Gasteiger charge is -2.43. The molecule has 1 spiro atoms. The van der Waals surface area contributed by atoms with Gasteiger partial charge in [-0.3, -0.25) is 4.90 Å². The zero-order valence-corrected chi connectivity index (χ0v) is 25.4. The molecule has 1 aliphatic carbocycles. The minimum Gasteiger partial charge on any atom is -0.461 e. The number of ether oxygens (including phenoxy) is 2. The Kier molecular flexibility index (Phi) is 7.09. The molecule has 1 unspecified atom stereocenters. The Hall–Kier alpha value is -4.01. The van der Waals surface area contributed by atoms with Crippen molar-refractivity contribution in [2.75, 3.05) is 43.1 Å². The normalized spacial score (nSPS) is 26.5. The lowest BCUT2D eigenvalue weighted by molar-refractivity contribution is -0.0857. The Morgan fingerprint density at radius 2 is 2.11 bits per heavy atom. The number of rotatable bonds is 6. The molecule has 0 amide bonds. The Balaban J connectivity index is 1.29. The molecule has 2 aromatic heterocycles. The number of aryl methyl sites for hydroxylation is 1. The average Bonchev–Trinajstić information content (AvgIpc) is 3.55. The van der Waals surface area contributed by atoms with E-state index in [1.54, 1.807) is 6.20 Å². The molecule has 44 heavy (non-hydrogen) atoms. The Morgan fingerprint density at radius 3 is 2.93 bits per heavy atom. The molecule has 2 fully saturated rings. The first kappa shape index (κ1) is 28.7. The first-order valence-electron chi connectivity index (χ1n) is 15.5. The largest absolute Gasteiger partial charge is 0.461 e. The fourth-order valence-corrected chi connectivity index (χ4v) is 8.02. The zero-order chi connectivity index (χ0) is 30.6. The van der Waals surface area contributed by atoms with Crippen molar-refractivity contribution in [2.24, 2.45) is 0 Å². The molecular weight excluding hydrogens is 559 g/mol. The number of pyridine rings is 1. The number of nitrogens with two attached hydrogens (primary N) is 2. The van der Waals surface area contributed by atoms with Gasteiger partial charge in [-0.05, 0) is 63.3 Å². The van der Waals surface area contributed by atoms with Crippen LogP contribution in [0.2, 0.25) is 0 Å². The van der Waals surface area contributed by atoms with Gasteiger partial charge in [0.2, 0.25) is 0 Å². The minimum absolute atomic E-state index is 0.155. The van der Waals surface area contributed by atoms with E-state index in [9.17, 15) is 9.65 Å². The maximum absolute atomic E-state index is 14.5. The van der Waals surface area contributed by atoms with Crippen LogP contribution in [0.4, 0.5) is 21.7 Å². The third kappa shape index (κ3) is 4.63. The van der Waals surface area contributed by atoms with Gasteiger partial charge in [0.05, 0.1) is 29.4 Å². The monoisotopic (exact) mass is 598 g/mol. The Labute approximate surface area is 257 Å². The number of benzene rings is 1. The maximum Gasteiger partial charge on any atom is 0.318 e. The summed E-state index contributed by atoms with van der Waals surface area (Å²) in [6, 6.07) is 10.1. The number of fused-ring (bicyclic) bond motifs is 4. The van der Waals surface area contributed by atoms with Crippen LogP contribution in [0.25, 0.3) is 0 Å². The predicted octanol–water partition coefficient (Wildman–Crippen LogP) is 4.36. The number of anilines is 3. The van der Waals surface area contributed by atoms with Crippen molar-refractivity contribution in [3.63, 3.8) is 0 Å². The quantitative estimate of drug-likeness (QED) is 0.393. The van der Waals surface area contributed by atoms with Gasteiger partial charge in [-0.25, -0.2) is 9.37 Å². The molecule has 0 saturated carbocycles. The molecule has 1 aromatic carbocycles. The summed E-state index contributed by atoms with van der Waals surface area (Å²) < 4.78 is 27.7. The molecular formula is C33H39FN8O2. The fraction of sp³-hybridized carbons (Fsp3) is 0.515. The predicted molar refractivity (Wildman–Crippen MR) is 165 cm³/mol. The van der Waals surface area contributed by atoms with E-state index in [2.05, 4.69) is 27.8 Å². The smallest absolute Gasteiger partial charge is 0.318 e. The van der Waals surface area contributed by atoms with Crippen molar-refractivity contribution in [1.82, 2.24) is 19.9 Å². The highest BCUT2D eigenvalue weighted by Gasteiger charge is 2.50. The van der Waals surface area contributed by atoms with E-state index < -0.39 is 11.8 Å². The summed E-state index contributed by atoms with van der Waals surface area (Å²) in [7, 11) is 1.97. The molecule has 3 aromatic rings. The summed E-state index contributed by atoms with van der Waals surface area (Å²) >= 11 is 0. The molecule has 4 N–H and O–H groups in total. The molecule has 5 heterocycles. The minimum atomic E-state index is -0.846. The number of hydrogen-bond acceptors (Lipinski definition) is 10. The Bertz CT molecular complexity index is 1640. The van der Waals surface area contributed by atoms with Crippen LogP contribution in [0, 0.1) is 11.3 Å². The van der Waals surface area contributed by atoms with Crippen LogP contribution >= 0.6 is 0 Å². The molecule has 230 valence electrons. The summed E-state index contributed by atoms with van der Waals surface area (Å²) in [4.78, 5) is 18.5. The summed E-state index contributed by atoms with van der Waals surface area (Å²) in [5.41, 5.74) is 17.0.